The fourth-order valence-corrected chi connectivity index (χ4v) is 6.18. The minimum atomic E-state index is -1.51. The first kappa shape index (κ1) is 38.1. The Bertz CT molecular complexity index is 1230. The van der Waals surface area contributed by atoms with Crippen LogP contribution in [-0.2, 0) is 16.0 Å². The maximum absolute atomic E-state index is 13.9. The number of carbonyl (C=O) groups excluding carboxylic acids is 2. The maximum atomic E-state index is 13.9. The number of unbranched alkanes of at least 4 members (excludes halogenated alkanes) is 10. The van der Waals surface area contributed by atoms with Crippen molar-refractivity contribution < 1.29 is 28.2 Å². The maximum Gasteiger partial charge on any atom is 0.343 e. The van der Waals surface area contributed by atoms with E-state index in [2.05, 4.69) is 13.0 Å². The van der Waals surface area contributed by atoms with Crippen LogP contribution in [0.2, 0.25) is 0 Å². The topological polar surface area (TPSA) is 85.6 Å². The van der Waals surface area contributed by atoms with Crippen molar-refractivity contribution in [3.8, 4) is 17.6 Å². The first-order chi connectivity index (χ1) is 22.9. The van der Waals surface area contributed by atoms with E-state index in [-0.39, 0.29) is 12.5 Å². The lowest BCUT2D eigenvalue weighted by Gasteiger charge is -2.28. The molecule has 2 aromatic carbocycles. The van der Waals surface area contributed by atoms with Crippen LogP contribution in [-0.4, -0.2) is 30.8 Å². The Morgan fingerprint density at radius 3 is 2.13 bits per heavy atom. The fraction of sp³-hybridized carbons (Fsp3) is 0.625. The predicted molar refractivity (Wildman–Crippen MR) is 184 cm³/mol. The summed E-state index contributed by atoms with van der Waals surface area (Å²) in [6.07, 6.45) is 18.0. The van der Waals surface area contributed by atoms with Crippen LogP contribution in [0, 0.1) is 17.2 Å². The highest BCUT2D eigenvalue weighted by molar-refractivity contribution is 5.91. The van der Waals surface area contributed by atoms with Gasteiger partial charge in [0.25, 0.3) is 0 Å². The first-order valence-corrected chi connectivity index (χ1v) is 18.3. The zero-order chi connectivity index (χ0) is 33.7. The van der Waals surface area contributed by atoms with Crippen molar-refractivity contribution in [2.75, 3.05) is 6.61 Å². The van der Waals surface area contributed by atoms with E-state index in [1.807, 2.05) is 19.1 Å². The lowest BCUT2D eigenvalue weighted by Crippen LogP contribution is -2.29. The molecular formula is C40H56FNO5. The quantitative estimate of drug-likeness (QED) is 0.0717. The number of halogens is 1. The van der Waals surface area contributed by atoms with Gasteiger partial charge < -0.3 is 14.2 Å². The summed E-state index contributed by atoms with van der Waals surface area (Å²) in [7, 11) is 0. The largest absolute Gasteiger partial charge is 0.492 e. The van der Waals surface area contributed by atoms with E-state index >= 15 is 0 Å². The smallest absolute Gasteiger partial charge is 0.343 e. The van der Waals surface area contributed by atoms with Crippen molar-refractivity contribution in [2.24, 2.45) is 5.92 Å². The number of ether oxygens (including phenoxy) is 3. The second-order valence-electron chi connectivity index (χ2n) is 13.1. The van der Waals surface area contributed by atoms with E-state index in [1.54, 1.807) is 24.3 Å². The molecule has 6 nitrogen and oxygen atoms in total. The van der Waals surface area contributed by atoms with Crippen molar-refractivity contribution in [2.45, 2.75) is 148 Å². The molecule has 0 heterocycles. The molecular weight excluding hydrogens is 593 g/mol. The van der Waals surface area contributed by atoms with Gasteiger partial charge in [0.2, 0.25) is 0 Å². The van der Waals surface area contributed by atoms with E-state index in [0.29, 0.717) is 41.6 Å². The minimum absolute atomic E-state index is 0.171. The Labute approximate surface area is 282 Å². The van der Waals surface area contributed by atoms with Crippen LogP contribution in [0.15, 0.2) is 42.5 Å². The first-order valence-electron chi connectivity index (χ1n) is 18.3. The standard InChI is InChI=1S/C40H56FNO5/c1-3-5-7-8-9-10-11-12-13-14-28-45-38-27-22-33(29-34(38)30-42)39(43)46-35-23-18-31(19-24-35)16-17-32-20-25-36(26-21-32)47-40(44)37(41)15-6-4-2/h18-19,22-24,27,29,32,36-37H,3-17,20-21,25-26,28H2,1-2H3/t32?,36?,37-/m0/s1. The van der Waals surface area contributed by atoms with Gasteiger partial charge in [0, 0.05) is 0 Å². The van der Waals surface area contributed by atoms with Crippen LogP contribution in [0.5, 0.6) is 11.5 Å². The third-order valence-corrected chi connectivity index (χ3v) is 9.21. The predicted octanol–water partition coefficient (Wildman–Crippen LogP) is 10.6. The molecule has 2 aromatic rings. The fourth-order valence-electron chi connectivity index (χ4n) is 6.18. The molecule has 47 heavy (non-hydrogen) atoms. The molecule has 1 saturated carbocycles. The number of rotatable bonds is 22. The molecule has 0 bridgehead atoms. The summed E-state index contributed by atoms with van der Waals surface area (Å²) in [6.45, 7) is 4.77. The van der Waals surface area contributed by atoms with Crippen molar-refractivity contribution in [3.05, 3.63) is 59.2 Å². The number of nitriles is 1. The molecule has 1 fully saturated rings. The molecule has 7 heteroatoms. The van der Waals surface area contributed by atoms with Gasteiger partial charge in [0.1, 0.15) is 23.7 Å². The zero-order valence-electron chi connectivity index (χ0n) is 28.8. The molecule has 0 spiro atoms. The van der Waals surface area contributed by atoms with Gasteiger partial charge in [-0.2, -0.15) is 5.26 Å². The molecule has 0 N–H and O–H groups in total. The van der Waals surface area contributed by atoms with Crippen LogP contribution >= 0.6 is 0 Å². The molecule has 0 saturated heterocycles. The van der Waals surface area contributed by atoms with Gasteiger partial charge in [0.15, 0.2) is 6.17 Å². The highest BCUT2D eigenvalue weighted by Gasteiger charge is 2.27. The molecule has 3 rings (SSSR count). The summed E-state index contributed by atoms with van der Waals surface area (Å²) in [6, 6.07) is 14.5. The van der Waals surface area contributed by atoms with Gasteiger partial charge in [-0.25, -0.2) is 14.0 Å². The average molecular weight is 650 g/mol. The third-order valence-electron chi connectivity index (χ3n) is 9.21. The summed E-state index contributed by atoms with van der Waals surface area (Å²) in [5, 5.41) is 9.64. The molecule has 0 aromatic heterocycles. The number of hydrogen-bond acceptors (Lipinski definition) is 6. The van der Waals surface area contributed by atoms with Gasteiger partial charge in [-0.05, 0) is 93.2 Å². The van der Waals surface area contributed by atoms with Crippen molar-refractivity contribution >= 4 is 11.9 Å². The minimum Gasteiger partial charge on any atom is -0.492 e. The van der Waals surface area contributed by atoms with Crippen molar-refractivity contribution in [3.63, 3.8) is 0 Å². The second-order valence-corrected chi connectivity index (χ2v) is 13.1. The average Bonchev–Trinajstić information content (AvgIpc) is 3.09. The van der Waals surface area contributed by atoms with E-state index in [4.69, 9.17) is 14.2 Å². The normalized spacial score (nSPS) is 16.6. The molecule has 258 valence electrons. The van der Waals surface area contributed by atoms with Gasteiger partial charge in [-0.3, -0.25) is 0 Å². The van der Waals surface area contributed by atoms with E-state index < -0.39 is 18.1 Å². The number of alkyl halides is 1. The molecule has 1 aliphatic rings. The SMILES string of the molecule is CCCCCCCCCCCCOc1ccc(C(=O)Oc2ccc(CCC3CCC(OC(=O)[C@@H](F)CCCC)CC3)cc2)cc1C#N. The Morgan fingerprint density at radius 1 is 0.851 bits per heavy atom. The summed E-state index contributed by atoms with van der Waals surface area (Å²) >= 11 is 0. The summed E-state index contributed by atoms with van der Waals surface area (Å²) in [5.41, 5.74) is 1.79. The molecule has 0 amide bonds. The summed E-state index contributed by atoms with van der Waals surface area (Å²) in [4.78, 5) is 24.8. The van der Waals surface area contributed by atoms with Crippen LogP contribution in [0.25, 0.3) is 0 Å². The monoisotopic (exact) mass is 649 g/mol. The third kappa shape index (κ3) is 14.5. The van der Waals surface area contributed by atoms with E-state index in [9.17, 15) is 19.2 Å². The number of nitrogens with zero attached hydrogens (tertiary/aromatic N) is 1. The highest BCUT2D eigenvalue weighted by Crippen LogP contribution is 2.30. The Morgan fingerprint density at radius 2 is 1.49 bits per heavy atom. The molecule has 0 aliphatic heterocycles. The van der Waals surface area contributed by atoms with Gasteiger partial charge in [0.05, 0.1) is 17.7 Å². The van der Waals surface area contributed by atoms with Gasteiger partial charge in [-0.1, -0.05) is 96.6 Å². The zero-order valence-corrected chi connectivity index (χ0v) is 28.8. The number of aryl methyl sites for hydroxylation is 1. The second kappa shape index (κ2) is 22.2. The van der Waals surface area contributed by atoms with Crippen LogP contribution in [0.3, 0.4) is 0 Å². The van der Waals surface area contributed by atoms with Crippen molar-refractivity contribution in [1.82, 2.24) is 0 Å². The Kier molecular flexibility index (Phi) is 18.0. The molecule has 0 radical (unpaired) electrons. The van der Waals surface area contributed by atoms with Crippen molar-refractivity contribution in [1.29, 1.82) is 5.26 Å². The van der Waals surface area contributed by atoms with E-state index in [1.165, 1.54) is 57.4 Å². The lowest BCUT2D eigenvalue weighted by atomic mass is 9.83. The Hall–Kier alpha value is -3.40. The van der Waals surface area contributed by atoms with Gasteiger partial charge in [-0.15, -0.1) is 0 Å². The summed E-state index contributed by atoms with van der Waals surface area (Å²) in [5.74, 6) is 0.270. The molecule has 1 aliphatic carbocycles. The van der Waals surface area contributed by atoms with Crippen LogP contribution in [0.4, 0.5) is 4.39 Å². The number of carbonyl (C=O) groups is 2. The van der Waals surface area contributed by atoms with Crippen LogP contribution < -0.4 is 9.47 Å². The summed E-state index contributed by atoms with van der Waals surface area (Å²) < 4.78 is 30.8. The Balaban J connectivity index is 1.34. The lowest BCUT2D eigenvalue weighted by molar-refractivity contribution is -0.157. The van der Waals surface area contributed by atoms with Crippen LogP contribution in [0.1, 0.15) is 151 Å². The number of esters is 2. The number of benzene rings is 2. The highest BCUT2D eigenvalue weighted by atomic mass is 19.1. The molecule has 0 unspecified atom stereocenters. The molecule has 1 atom stereocenters. The van der Waals surface area contributed by atoms with Gasteiger partial charge >= 0.3 is 11.9 Å². The number of hydrogen-bond donors (Lipinski definition) is 0. The van der Waals surface area contributed by atoms with E-state index in [0.717, 1.165) is 63.4 Å².